The minimum atomic E-state index is -0.410. The summed E-state index contributed by atoms with van der Waals surface area (Å²) in [5, 5.41) is 15.7. The lowest BCUT2D eigenvalue weighted by Gasteiger charge is -2.18. The van der Waals surface area contributed by atoms with E-state index in [0.29, 0.717) is 5.69 Å². The van der Waals surface area contributed by atoms with Crippen LogP contribution < -0.4 is 10.6 Å². The molecule has 2 heterocycles. The third kappa shape index (κ3) is 2.42. The molecule has 0 aliphatic carbocycles. The van der Waals surface area contributed by atoms with Crippen LogP contribution in [-0.2, 0) is 6.42 Å². The lowest BCUT2D eigenvalue weighted by Crippen LogP contribution is -2.15. The second-order valence-corrected chi connectivity index (χ2v) is 4.73. The summed E-state index contributed by atoms with van der Waals surface area (Å²) >= 11 is 0. The quantitative estimate of drug-likeness (QED) is 0.782. The smallest absolute Gasteiger partial charge is 0.278 e. The highest BCUT2D eigenvalue weighted by atomic mass is 16.3. The number of fused-ring (bicyclic) bond motifs is 1. The zero-order valence-electron chi connectivity index (χ0n) is 10.9. The number of nitrogens with zero attached hydrogens (tertiary/aromatic N) is 1. The molecule has 5 nitrogen and oxygen atoms in total. The molecule has 1 aromatic carbocycles. The first-order chi connectivity index (χ1) is 9.74. The Labute approximate surface area is 116 Å². The number of carbonyl (C=O) groups excluding carboxylic acids is 1. The van der Waals surface area contributed by atoms with Gasteiger partial charge in [0.05, 0.1) is 0 Å². The zero-order chi connectivity index (χ0) is 13.9. The average molecular weight is 269 g/mol. The van der Waals surface area contributed by atoms with Gasteiger partial charge in [0.15, 0.2) is 5.69 Å². The first-order valence-corrected chi connectivity index (χ1v) is 6.56. The van der Waals surface area contributed by atoms with E-state index in [-0.39, 0.29) is 11.4 Å². The van der Waals surface area contributed by atoms with E-state index < -0.39 is 5.91 Å². The Morgan fingerprint density at radius 3 is 3.10 bits per heavy atom. The van der Waals surface area contributed by atoms with Gasteiger partial charge in [-0.25, -0.2) is 4.98 Å². The molecule has 0 saturated carbocycles. The maximum absolute atomic E-state index is 12.1. The van der Waals surface area contributed by atoms with Gasteiger partial charge in [-0.2, -0.15) is 0 Å². The summed E-state index contributed by atoms with van der Waals surface area (Å²) < 4.78 is 0. The summed E-state index contributed by atoms with van der Waals surface area (Å²) in [6, 6.07) is 8.78. The molecule has 0 bridgehead atoms. The number of aromatic hydroxyl groups is 1. The van der Waals surface area contributed by atoms with Crippen molar-refractivity contribution in [2.45, 2.75) is 12.8 Å². The van der Waals surface area contributed by atoms with Crippen LogP contribution in [-0.4, -0.2) is 22.5 Å². The maximum atomic E-state index is 12.1. The van der Waals surface area contributed by atoms with Crippen molar-refractivity contribution in [3.8, 4) is 5.75 Å². The third-order valence-corrected chi connectivity index (χ3v) is 3.30. The highest BCUT2D eigenvalue weighted by Gasteiger charge is 2.14. The number of aromatic nitrogens is 1. The van der Waals surface area contributed by atoms with Gasteiger partial charge in [-0.15, -0.1) is 0 Å². The van der Waals surface area contributed by atoms with Gasteiger partial charge in [-0.1, -0.05) is 0 Å². The van der Waals surface area contributed by atoms with Crippen LogP contribution in [0.3, 0.4) is 0 Å². The lowest BCUT2D eigenvalue weighted by molar-refractivity contribution is 0.101. The maximum Gasteiger partial charge on any atom is 0.278 e. The van der Waals surface area contributed by atoms with E-state index in [1.165, 1.54) is 17.8 Å². The Bertz CT molecular complexity index is 655. The molecule has 0 fully saturated rings. The van der Waals surface area contributed by atoms with Crippen molar-refractivity contribution in [1.29, 1.82) is 0 Å². The number of rotatable bonds is 2. The van der Waals surface area contributed by atoms with Crippen molar-refractivity contribution in [2.24, 2.45) is 0 Å². The molecule has 102 valence electrons. The summed E-state index contributed by atoms with van der Waals surface area (Å²) in [6.45, 7) is 0.987. The van der Waals surface area contributed by atoms with Crippen LogP contribution in [0, 0.1) is 0 Å². The molecule has 20 heavy (non-hydrogen) atoms. The molecule has 1 aromatic heterocycles. The molecular formula is C15H15N3O2. The SMILES string of the molecule is O=C(Nc1ccc2c(c1)CCCN2)c1ncccc1O. The number of hydrogen-bond acceptors (Lipinski definition) is 4. The number of aryl methyl sites for hydroxylation is 1. The molecule has 0 atom stereocenters. The number of anilines is 2. The van der Waals surface area contributed by atoms with Gasteiger partial charge in [0, 0.05) is 24.1 Å². The zero-order valence-corrected chi connectivity index (χ0v) is 10.9. The predicted octanol–water partition coefficient (Wildman–Crippen LogP) is 2.40. The molecule has 5 heteroatoms. The van der Waals surface area contributed by atoms with Crippen molar-refractivity contribution in [3.05, 3.63) is 47.8 Å². The Kier molecular flexibility index (Phi) is 3.25. The molecule has 0 radical (unpaired) electrons. The monoisotopic (exact) mass is 269 g/mol. The standard InChI is InChI=1S/C15H15N3O2/c19-13-4-2-8-17-14(13)15(20)18-11-5-6-12-10(9-11)3-1-7-16-12/h2,4-6,8-9,16,19H,1,3,7H2,(H,18,20). The fourth-order valence-corrected chi connectivity index (χ4v) is 2.31. The summed E-state index contributed by atoms with van der Waals surface area (Å²) in [5.41, 5.74) is 3.06. The lowest BCUT2D eigenvalue weighted by atomic mass is 10.0. The number of benzene rings is 1. The molecule has 1 aliphatic rings. The molecule has 0 spiro atoms. The van der Waals surface area contributed by atoms with Crippen LogP contribution >= 0.6 is 0 Å². The van der Waals surface area contributed by atoms with Gasteiger partial charge < -0.3 is 15.7 Å². The van der Waals surface area contributed by atoms with Crippen molar-refractivity contribution < 1.29 is 9.90 Å². The second-order valence-electron chi connectivity index (χ2n) is 4.73. The van der Waals surface area contributed by atoms with E-state index in [0.717, 1.165) is 25.1 Å². The normalized spacial score (nSPS) is 13.2. The van der Waals surface area contributed by atoms with Crippen LogP contribution in [0.5, 0.6) is 5.75 Å². The van der Waals surface area contributed by atoms with Gasteiger partial charge in [-0.3, -0.25) is 4.79 Å². The van der Waals surface area contributed by atoms with E-state index >= 15 is 0 Å². The first-order valence-electron chi connectivity index (χ1n) is 6.56. The van der Waals surface area contributed by atoms with Crippen LogP contribution in [0.4, 0.5) is 11.4 Å². The number of pyridine rings is 1. The van der Waals surface area contributed by atoms with Crippen LogP contribution in [0.15, 0.2) is 36.5 Å². The fraction of sp³-hybridized carbons (Fsp3) is 0.200. The molecule has 1 amide bonds. The number of nitrogens with one attached hydrogen (secondary N) is 2. The third-order valence-electron chi connectivity index (χ3n) is 3.30. The molecule has 1 aliphatic heterocycles. The Hall–Kier alpha value is -2.56. The largest absolute Gasteiger partial charge is 0.505 e. The molecule has 0 saturated heterocycles. The first kappa shape index (κ1) is 12.5. The molecule has 0 unspecified atom stereocenters. The summed E-state index contributed by atoms with van der Waals surface area (Å²) in [7, 11) is 0. The Morgan fingerprint density at radius 2 is 2.25 bits per heavy atom. The molecule has 3 rings (SSSR count). The topological polar surface area (TPSA) is 74.2 Å². The fourth-order valence-electron chi connectivity index (χ4n) is 2.31. The highest BCUT2D eigenvalue weighted by Crippen LogP contribution is 2.25. The number of carbonyl (C=O) groups is 1. The Morgan fingerprint density at radius 1 is 1.35 bits per heavy atom. The number of hydrogen-bond donors (Lipinski definition) is 3. The summed E-state index contributed by atoms with van der Waals surface area (Å²) in [5.74, 6) is -0.531. The van der Waals surface area contributed by atoms with E-state index in [1.54, 1.807) is 6.07 Å². The minimum Gasteiger partial charge on any atom is -0.505 e. The van der Waals surface area contributed by atoms with Crippen molar-refractivity contribution in [2.75, 3.05) is 17.2 Å². The summed E-state index contributed by atoms with van der Waals surface area (Å²) in [6.07, 6.45) is 3.57. The Balaban J connectivity index is 1.81. The van der Waals surface area contributed by atoms with E-state index in [4.69, 9.17) is 0 Å². The van der Waals surface area contributed by atoms with Crippen molar-refractivity contribution >= 4 is 17.3 Å². The van der Waals surface area contributed by atoms with Crippen LogP contribution in [0.25, 0.3) is 0 Å². The van der Waals surface area contributed by atoms with E-state index in [2.05, 4.69) is 15.6 Å². The van der Waals surface area contributed by atoms with Crippen molar-refractivity contribution in [1.82, 2.24) is 4.98 Å². The minimum absolute atomic E-state index is 0.0309. The van der Waals surface area contributed by atoms with Crippen LogP contribution in [0.1, 0.15) is 22.5 Å². The van der Waals surface area contributed by atoms with Gasteiger partial charge in [-0.05, 0) is 48.7 Å². The van der Waals surface area contributed by atoms with Gasteiger partial charge in [0.1, 0.15) is 5.75 Å². The van der Waals surface area contributed by atoms with Crippen LogP contribution in [0.2, 0.25) is 0 Å². The highest BCUT2D eigenvalue weighted by molar-refractivity contribution is 6.04. The average Bonchev–Trinajstić information content (AvgIpc) is 2.47. The van der Waals surface area contributed by atoms with Crippen molar-refractivity contribution in [3.63, 3.8) is 0 Å². The number of amides is 1. The van der Waals surface area contributed by atoms with E-state index in [9.17, 15) is 9.90 Å². The second kappa shape index (κ2) is 5.21. The van der Waals surface area contributed by atoms with E-state index in [1.807, 2.05) is 18.2 Å². The van der Waals surface area contributed by atoms with Gasteiger partial charge in [0.25, 0.3) is 5.91 Å². The molecule has 2 aromatic rings. The summed E-state index contributed by atoms with van der Waals surface area (Å²) in [4.78, 5) is 15.9. The molecule has 3 N–H and O–H groups in total. The predicted molar refractivity (Wildman–Crippen MR) is 77.1 cm³/mol. The van der Waals surface area contributed by atoms with Gasteiger partial charge in [0.2, 0.25) is 0 Å². The van der Waals surface area contributed by atoms with Gasteiger partial charge >= 0.3 is 0 Å². The molecular weight excluding hydrogens is 254 g/mol.